The fourth-order valence-corrected chi connectivity index (χ4v) is 2.89. The van der Waals surface area contributed by atoms with Crippen LogP contribution in [0.4, 0.5) is 0 Å². The van der Waals surface area contributed by atoms with E-state index in [9.17, 15) is 14.7 Å². The highest BCUT2D eigenvalue weighted by molar-refractivity contribution is 6.33. The molecular weight excluding hydrogens is 330 g/mol. The number of benzene rings is 1. The zero-order valence-electron chi connectivity index (χ0n) is 13.9. The monoisotopic (exact) mass is 353 g/mol. The van der Waals surface area contributed by atoms with E-state index in [1.165, 1.54) is 0 Å². The molecule has 1 aliphatic rings. The van der Waals surface area contributed by atoms with Gasteiger partial charge in [0, 0.05) is 25.6 Å². The van der Waals surface area contributed by atoms with Gasteiger partial charge in [0.25, 0.3) is 5.91 Å². The molecule has 0 spiro atoms. The lowest BCUT2D eigenvalue weighted by molar-refractivity contribution is -0.124. The highest BCUT2D eigenvalue weighted by Gasteiger charge is 2.29. The van der Waals surface area contributed by atoms with Crippen molar-refractivity contribution in [2.75, 3.05) is 19.6 Å². The average molecular weight is 354 g/mol. The summed E-state index contributed by atoms with van der Waals surface area (Å²) in [6.07, 6.45) is -0.458. The lowest BCUT2D eigenvalue weighted by Gasteiger charge is -2.23. The first-order valence-electron chi connectivity index (χ1n) is 8.12. The molecule has 132 valence electrons. The van der Waals surface area contributed by atoms with Crippen LogP contribution in [0.3, 0.4) is 0 Å². The maximum absolute atomic E-state index is 12.4. The minimum absolute atomic E-state index is 0.0129. The third-order valence-electron chi connectivity index (χ3n) is 4.20. The SMILES string of the molecule is CC(C)C(NC(=O)c1ccccc1Cl)C(=O)NCC1CNCC1O. The van der Waals surface area contributed by atoms with Gasteiger partial charge in [0.15, 0.2) is 0 Å². The fraction of sp³-hybridized carbons (Fsp3) is 0.529. The number of aliphatic hydroxyl groups is 1. The number of amides is 2. The second-order valence-corrected chi connectivity index (χ2v) is 6.81. The summed E-state index contributed by atoms with van der Waals surface area (Å²) in [6, 6.07) is 6.05. The molecule has 7 heteroatoms. The van der Waals surface area contributed by atoms with Crippen molar-refractivity contribution < 1.29 is 14.7 Å². The number of carbonyl (C=O) groups excluding carboxylic acids is 2. The largest absolute Gasteiger partial charge is 0.391 e. The maximum atomic E-state index is 12.4. The lowest BCUT2D eigenvalue weighted by Crippen LogP contribution is -2.51. The van der Waals surface area contributed by atoms with E-state index >= 15 is 0 Å². The van der Waals surface area contributed by atoms with Crippen molar-refractivity contribution in [3.05, 3.63) is 34.9 Å². The summed E-state index contributed by atoms with van der Waals surface area (Å²) in [4.78, 5) is 24.8. The number of β-amino-alcohol motifs (C(OH)–C–C–N with tert-alkyl or cyclic N) is 1. The molecule has 1 heterocycles. The van der Waals surface area contributed by atoms with E-state index in [-0.39, 0.29) is 23.7 Å². The molecule has 6 nitrogen and oxygen atoms in total. The van der Waals surface area contributed by atoms with Gasteiger partial charge in [-0.3, -0.25) is 9.59 Å². The molecule has 4 N–H and O–H groups in total. The molecule has 0 aromatic heterocycles. The Morgan fingerprint density at radius 2 is 2.04 bits per heavy atom. The molecule has 0 aliphatic carbocycles. The van der Waals surface area contributed by atoms with Crippen LogP contribution in [0, 0.1) is 11.8 Å². The zero-order valence-corrected chi connectivity index (χ0v) is 14.6. The smallest absolute Gasteiger partial charge is 0.253 e. The number of aliphatic hydroxyl groups excluding tert-OH is 1. The van der Waals surface area contributed by atoms with Crippen molar-refractivity contribution in [3.8, 4) is 0 Å². The fourth-order valence-electron chi connectivity index (χ4n) is 2.67. The molecule has 1 aliphatic heterocycles. The third-order valence-corrected chi connectivity index (χ3v) is 4.53. The topological polar surface area (TPSA) is 90.5 Å². The summed E-state index contributed by atoms with van der Waals surface area (Å²) in [5, 5.41) is 18.8. The summed E-state index contributed by atoms with van der Waals surface area (Å²) in [5.41, 5.74) is 0.341. The molecule has 0 saturated carbocycles. The Bertz CT molecular complexity index is 594. The molecular formula is C17H24ClN3O3. The van der Waals surface area contributed by atoms with Gasteiger partial charge in [-0.25, -0.2) is 0 Å². The van der Waals surface area contributed by atoms with Crippen molar-refractivity contribution in [1.82, 2.24) is 16.0 Å². The Balaban J connectivity index is 1.97. The van der Waals surface area contributed by atoms with Gasteiger partial charge < -0.3 is 21.1 Å². The molecule has 2 amide bonds. The van der Waals surface area contributed by atoms with Gasteiger partial charge in [-0.05, 0) is 18.1 Å². The molecule has 1 fully saturated rings. The number of hydrogen-bond acceptors (Lipinski definition) is 4. The minimum atomic E-state index is -0.666. The van der Waals surface area contributed by atoms with Crippen LogP contribution in [-0.4, -0.2) is 48.7 Å². The standard InChI is InChI=1S/C17H24ClN3O3/c1-10(2)15(17(24)20-8-11-7-19-9-14(11)22)21-16(23)12-5-3-4-6-13(12)18/h3-6,10-11,14-15,19,22H,7-9H2,1-2H3,(H,20,24)(H,21,23). The van der Waals surface area contributed by atoms with Crippen LogP contribution >= 0.6 is 11.6 Å². The summed E-state index contributed by atoms with van der Waals surface area (Å²) in [6.45, 7) is 5.31. The van der Waals surface area contributed by atoms with E-state index in [0.717, 1.165) is 0 Å². The summed E-state index contributed by atoms with van der Waals surface area (Å²) < 4.78 is 0. The Kier molecular flexibility index (Phi) is 6.60. The first-order chi connectivity index (χ1) is 11.4. The van der Waals surface area contributed by atoms with Gasteiger partial charge in [0.2, 0.25) is 5.91 Å². The summed E-state index contributed by atoms with van der Waals surface area (Å²) >= 11 is 6.03. The van der Waals surface area contributed by atoms with Gasteiger partial charge in [-0.1, -0.05) is 37.6 Å². The molecule has 3 atom stereocenters. The highest BCUT2D eigenvalue weighted by Crippen LogP contribution is 2.15. The molecule has 24 heavy (non-hydrogen) atoms. The lowest BCUT2D eigenvalue weighted by atomic mass is 10.0. The minimum Gasteiger partial charge on any atom is -0.391 e. The van der Waals surface area contributed by atoms with Gasteiger partial charge in [-0.15, -0.1) is 0 Å². The molecule has 0 bridgehead atoms. The van der Waals surface area contributed by atoms with E-state index < -0.39 is 12.1 Å². The predicted octanol–water partition coefficient (Wildman–Crippen LogP) is 0.791. The first-order valence-corrected chi connectivity index (χ1v) is 8.49. The number of halogens is 1. The number of carbonyl (C=O) groups is 2. The molecule has 1 aromatic carbocycles. The molecule has 1 aromatic rings. The Morgan fingerprint density at radius 1 is 1.33 bits per heavy atom. The average Bonchev–Trinajstić information content (AvgIpc) is 2.95. The van der Waals surface area contributed by atoms with E-state index in [2.05, 4.69) is 16.0 Å². The van der Waals surface area contributed by atoms with E-state index in [1.807, 2.05) is 13.8 Å². The van der Waals surface area contributed by atoms with E-state index in [0.29, 0.717) is 30.2 Å². The van der Waals surface area contributed by atoms with Crippen LogP contribution in [-0.2, 0) is 4.79 Å². The van der Waals surface area contributed by atoms with Crippen LogP contribution < -0.4 is 16.0 Å². The molecule has 2 rings (SSSR count). The number of rotatable bonds is 6. The number of hydrogen-bond donors (Lipinski definition) is 4. The van der Waals surface area contributed by atoms with Gasteiger partial charge >= 0.3 is 0 Å². The second kappa shape index (κ2) is 8.46. The molecule has 3 unspecified atom stereocenters. The van der Waals surface area contributed by atoms with Crippen LogP contribution in [0.2, 0.25) is 5.02 Å². The van der Waals surface area contributed by atoms with Crippen molar-refractivity contribution in [3.63, 3.8) is 0 Å². The Morgan fingerprint density at radius 3 is 2.62 bits per heavy atom. The van der Waals surface area contributed by atoms with Crippen LogP contribution in [0.25, 0.3) is 0 Å². The van der Waals surface area contributed by atoms with Gasteiger partial charge in [-0.2, -0.15) is 0 Å². The zero-order chi connectivity index (χ0) is 17.7. The quantitative estimate of drug-likeness (QED) is 0.608. The van der Waals surface area contributed by atoms with Gasteiger partial charge in [0.1, 0.15) is 6.04 Å². The van der Waals surface area contributed by atoms with Crippen molar-refractivity contribution >= 4 is 23.4 Å². The summed E-state index contributed by atoms with van der Waals surface area (Å²) in [5.74, 6) is -0.731. The first kappa shape index (κ1) is 18.7. The van der Waals surface area contributed by atoms with Crippen molar-refractivity contribution in [2.24, 2.45) is 11.8 Å². The van der Waals surface area contributed by atoms with Crippen LogP contribution in [0.5, 0.6) is 0 Å². The molecule has 1 saturated heterocycles. The van der Waals surface area contributed by atoms with E-state index in [4.69, 9.17) is 11.6 Å². The molecule has 0 radical (unpaired) electrons. The maximum Gasteiger partial charge on any atom is 0.253 e. The normalized spacial score (nSPS) is 21.5. The van der Waals surface area contributed by atoms with Crippen LogP contribution in [0.1, 0.15) is 24.2 Å². The Labute approximate surface area is 147 Å². The third kappa shape index (κ3) is 4.69. The highest BCUT2D eigenvalue weighted by atomic mass is 35.5. The van der Waals surface area contributed by atoms with E-state index in [1.54, 1.807) is 24.3 Å². The van der Waals surface area contributed by atoms with Gasteiger partial charge in [0.05, 0.1) is 16.7 Å². The van der Waals surface area contributed by atoms with Crippen LogP contribution in [0.15, 0.2) is 24.3 Å². The van der Waals surface area contributed by atoms with Crippen molar-refractivity contribution in [2.45, 2.75) is 26.0 Å². The van der Waals surface area contributed by atoms with Crippen molar-refractivity contribution in [1.29, 1.82) is 0 Å². The number of nitrogens with one attached hydrogen (secondary N) is 3. The summed E-state index contributed by atoms with van der Waals surface area (Å²) in [7, 11) is 0. The Hall–Kier alpha value is -1.63. The second-order valence-electron chi connectivity index (χ2n) is 6.41. The predicted molar refractivity (Wildman–Crippen MR) is 92.9 cm³/mol.